The van der Waals surface area contributed by atoms with Crippen molar-refractivity contribution in [3.05, 3.63) is 68.1 Å². The van der Waals surface area contributed by atoms with E-state index < -0.39 is 0 Å². The van der Waals surface area contributed by atoms with Gasteiger partial charge in [-0.05, 0) is 48.9 Å². The summed E-state index contributed by atoms with van der Waals surface area (Å²) in [6.07, 6.45) is 0.737. The van der Waals surface area contributed by atoms with Crippen molar-refractivity contribution in [2.45, 2.75) is 19.9 Å². The van der Waals surface area contributed by atoms with Crippen LogP contribution in [0, 0.1) is 0 Å². The summed E-state index contributed by atoms with van der Waals surface area (Å²) in [6.45, 7) is 2.29. The van der Waals surface area contributed by atoms with Crippen LogP contribution >= 0.6 is 27.3 Å². The van der Waals surface area contributed by atoms with E-state index in [1.54, 1.807) is 31.4 Å². The second-order valence-corrected chi connectivity index (χ2v) is 8.00. The molecule has 7 nitrogen and oxygen atoms in total. The predicted molar refractivity (Wildman–Crippen MR) is 116 cm³/mol. The van der Waals surface area contributed by atoms with Gasteiger partial charge in [0.25, 0.3) is 11.8 Å². The molecule has 0 radical (unpaired) electrons. The van der Waals surface area contributed by atoms with Gasteiger partial charge in [-0.1, -0.05) is 34.2 Å². The minimum Gasteiger partial charge on any atom is -0.496 e. The van der Waals surface area contributed by atoms with E-state index in [2.05, 4.69) is 36.8 Å². The Morgan fingerprint density at radius 3 is 2.52 bits per heavy atom. The van der Waals surface area contributed by atoms with E-state index in [0.29, 0.717) is 28.6 Å². The maximum atomic E-state index is 12.4. The van der Waals surface area contributed by atoms with Crippen molar-refractivity contribution < 1.29 is 14.3 Å². The van der Waals surface area contributed by atoms with Gasteiger partial charge < -0.3 is 15.4 Å². The minimum atomic E-state index is -0.318. The van der Waals surface area contributed by atoms with E-state index in [-0.39, 0.29) is 11.8 Å². The molecule has 1 aromatic heterocycles. The molecule has 0 bridgehead atoms. The minimum absolute atomic E-state index is 0.221. The van der Waals surface area contributed by atoms with Crippen LogP contribution in [0.5, 0.6) is 5.75 Å². The van der Waals surface area contributed by atoms with Gasteiger partial charge in [0, 0.05) is 27.8 Å². The molecule has 3 aromatic rings. The van der Waals surface area contributed by atoms with Gasteiger partial charge in [0.2, 0.25) is 5.01 Å². The molecule has 0 saturated heterocycles. The number of carbonyl (C=O) groups is 2. The summed E-state index contributed by atoms with van der Waals surface area (Å²) in [5.74, 6) is 0.164. The first-order valence-electron chi connectivity index (χ1n) is 8.84. The molecule has 0 aliphatic carbocycles. The topological polar surface area (TPSA) is 93.2 Å². The third kappa shape index (κ3) is 5.39. The highest BCUT2D eigenvalue weighted by Gasteiger charge is 2.13. The van der Waals surface area contributed by atoms with Crippen molar-refractivity contribution >= 4 is 44.8 Å². The Morgan fingerprint density at radius 1 is 1.10 bits per heavy atom. The summed E-state index contributed by atoms with van der Waals surface area (Å²) >= 11 is 4.68. The monoisotopic (exact) mass is 474 g/mol. The number of amides is 2. The van der Waals surface area contributed by atoms with E-state index in [0.717, 1.165) is 21.5 Å². The third-order valence-electron chi connectivity index (χ3n) is 4.05. The standard InChI is InChI=1S/C20H19BrN4O3S/c1-3-17-24-25-20(29-17)19(27)23-15-7-4-12(5-8-15)18(26)22-11-13-10-14(21)6-9-16(13)28-2/h4-10H,3,11H2,1-2H3,(H,22,26)(H,23,27). The maximum Gasteiger partial charge on any atom is 0.286 e. The molecule has 3 rings (SSSR count). The summed E-state index contributed by atoms with van der Waals surface area (Å²) in [5, 5.41) is 14.6. The van der Waals surface area contributed by atoms with Crippen molar-refractivity contribution in [2.24, 2.45) is 0 Å². The molecule has 0 atom stereocenters. The fourth-order valence-corrected chi connectivity index (χ4v) is 3.62. The quantitative estimate of drug-likeness (QED) is 0.538. The number of anilines is 1. The molecule has 2 amide bonds. The Bertz CT molecular complexity index is 1020. The van der Waals surface area contributed by atoms with E-state index in [4.69, 9.17) is 4.74 Å². The molecular weight excluding hydrogens is 456 g/mol. The van der Waals surface area contributed by atoms with Gasteiger partial charge in [0.15, 0.2) is 0 Å². The molecule has 0 aliphatic heterocycles. The summed E-state index contributed by atoms with van der Waals surface area (Å²) in [5.41, 5.74) is 1.93. The van der Waals surface area contributed by atoms with E-state index in [1.807, 2.05) is 25.1 Å². The predicted octanol–water partition coefficient (Wildman–Crippen LogP) is 4.05. The molecule has 9 heteroatoms. The Labute approximate surface area is 180 Å². The molecule has 0 aliphatic rings. The SMILES string of the molecule is CCc1nnc(C(=O)Nc2ccc(C(=O)NCc3cc(Br)ccc3OC)cc2)s1. The number of rotatable bonds is 7. The van der Waals surface area contributed by atoms with Crippen LogP contribution in [0.15, 0.2) is 46.9 Å². The molecule has 29 heavy (non-hydrogen) atoms. The fourth-order valence-electron chi connectivity index (χ4n) is 2.54. The number of nitrogens with one attached hydrogen (secondary N) is 2. The highest BCUT2D eigenvalue weighted by molar-refractivity contribution is 9.10. The molecule has 0 fully saturated rings. The second-order valence-electron chi connectivity index (χ2n) is 6.02. The Kier molecular flexibility index (Phi) is 6.95. The van der Waals surface area contributed by atoms with Crippen LogP contribution in [0.3, 0.4) is 0 Å². The van der Waals surface area contributed by atoms with Crippen molar-refractivity contribution in [1.82, 2.24) is 15.5 Å². The van der Waals surface area contributed by atoms with Crippen LogP contribution in [0.4, 0.5) is 5.69 Å². The average Bonchev–Trinajstić information content (AvgIpc) is 3.22. The number of aryl methyl sites for hydroxylation is 1. The van der Waals surface area contributed by atoms with Crippen LogP contribution in [0.1, 0.15) is 37.7 Å². The third-order valence-corrected chi connectivity index (χ3v) is 5.61. The highest BCUT2D eigenvalue weighted by Crippen LogP contribution is 2.23. The molecule has 0 unspecified atom stereocenters. The first-order chi connectivity index (χ1) is 14.0. The van der Waals surface area contributed by atoms with Crippen LogP contribution in [-0.4, -0.2) is 29.1 Å². The number of halogens is 1. The summed E-state index contributed by atoms with van der Waals surface area (Å²) < 4.78 is 6.22. The van der Waals surface area contributed by atoms with Gasteiger partial charge in [-0.3, -0.25) is 9.59 Å². The van der Waals surface area contributed by atoms with Crippen LogP contribution in [-0.2, 0) is 13.0 Å². The van der Waals surface area contributed by atoms with Crippen molar-refractivity contribution in [3.63, 3.8) is 0 Å². The fraction of sp³-hybridized carbons (Fsp3) is 0.200. The highest BCUT2D eigenvalue weighted by atomic mass is 79.9. The van der Waals surface area contributed by atoms with Crippen molar-refractivity contribution in [1.29, 1.82) is 0 Å². The van der Waals surface area contributed by atoms with Crippen molar-refractivity contribution in [2.75, 3.05) is 12.4 Å². The van der Waals surface area contributed by atoms with E-state index in [9.17, 15) is 9.59 Å². The summed E-state index contributed by atoms with van der Waals surface area (Å²) in [6, 6.07) is 12.3. The molecule has 2 aromatic carbocycles. The molecule has 1 heterocycles. The lowest BCUT2D eigenvalue weighted by atomic mass is 10.1. The van der Waals surface area contributed by atoms with Gasteiger partial charge in [0.05, 0.1) is 7.11 Å². The average molecular weight is 475 g/mol. The summed E-state index contributed by atoms with van der Waals surface area (Å²) in [7, 11) is 1.59. The zero-order valence-electron chi connectivity index (χ0n) is 15.9. The number of hydrogen-bond acceptors (Lipinski definition) is 6. The molecule has 0 spiro atoms. The molecular formula is C20H19BrN4O3S. The van der Waals surface area contributed by atoms with Gasteiger partial charge >= 0.3 is 0 Å². The smallest absolute Gasteiger partial charge is 0.286 e. The number of methoxy groups -OCH3 is 1. The molecule has 2 N–H and O–H groups in total. The van der Waals surface area contributed by atoms with Crippen LogP contribution in [0.2, 0.25) is 0 Å². The van der Waals surface area contributed by atoms with Gasteiger partial charge in [-0.2, -0.15) is 0 Å². The first-order valence-corrected chi connectivity index (χ1v) is 10.5. The zero-order valence-corrected chi connectivity index (χ0v) is 18.3. The Hall–Kier alpha value is -2.78. The number of ether oxygens (including phenoxy) is 1. The lowest BCUT2D eigenvalue weighted by Crippen LogP contribution is -2.23. The zero-order chi connectivity index (χ0) is 20.8. The number of carbonyl (C=O) groups excluding carboxylic acids is 2. The first kappa shape index (κ1) is 20.9. The number of aromatic nitrogens is 2. The number of hydrogen-bond donors (Lipinski definition) is 2. The molecule has 150 valence electrons. The van der Waals surface area contributed by atoms with Crippen LogP contribution < -0.4 is 15.4 Å². The molecule has 0 saturated carbocycles. The number of nitrogens with zero attached hydrogens (tertiary/aromatic N) is 2. The van der Waals surface area contributed by atoms with Crippen molar-refractivity contribution in [3.8, 4) is 5.75 Å². The summed E-state index contributed by atoms with van der Waals surface area (Å²) in [4.78, 5) is 24.6. The lowest BCUT2D eigenvalue weighted by molar-refractivity contribution is 0.0950. The Balaban J connectivity index is 1.60. The van der Waals surface area contributed by atoms with Gasteiger partial charge in [0.1, 0.15) is 10.8 Å². The number of benzene rings is 2. The Morgan fingerprint density at radius 2 is 1.86 bits per heavy atom. The largest absolute Gasteiger partial charge is 0.496 e. The van der Waals surface area contributed by atoms with Gasteiger partial charge in [-0.25, -0.2) is 0 Å². The van der Waals surface area contributed by atoms with E-state index in [1.165, 1.54) is 11.3 Å². The normalized spacial score (nSPS) is 10.4. The second kappa shape index (κ2) is 9.62. The van der Waals surface area contributed by atoms with Gasteiger partial charge in [-0.15, -0.1) is 10.2 Å². The van der Waals surface area contributed by atoms with Crippen LogP contribution in [0.25, 0.3) is 0 Å². The lowest BCUT2D eigenvalue weighted by Gasteiger charge is -2.11. The maximum absolute atomic E-state index is 12.4. The van der Waals surface area contributed by atoms with E-state index >= 15 is 0 Å².